The van der Waals surface area contributed by atoms with Crippen LogP contribution in [-0.4, -0.2) is 98.6 Å². The maximum Gasteiger partial charge on any atom is 0.397 e. The number of aliphatic hydroxyl groups is 7. The highest BCUT2D eigenvalue weighted by molar-refractivity contribution is 7.80. The molecule has 1 saturated carbocycles. The molecule has 0 saturated heterocycles. The molecular formula is C12H23O11S+. The van der Waals surface area contributed by atoms with Gasteiger partial charge in [-0.05, 0) is 0 Å². The van der Waals surface area contributed by atoms with E-state index in [1.165, 1.54) is 0 Å². The fraction of sp³-hybridized carbons (Fsp3) is 0.917. The van der Waals surface area contributed by atoms with Gasteiger partial charge in [-0.2, -0.15) is 8.42 Å². The zero-order chi connectivity index (χ0) is 18.7. The topological polar surface area (TPSA) is 205 Å². The van der Waals surface area contributed by atoms with Crippen molar-refractivity contribution in [2.45, 2.75) is 49.5 Å². The van der Waals surface area contributed by atoms with Crippen molar-refractivity contribution in [3.63, 3.8) is 0 Å². The molecule has 0 bridgehead atoms. The summed E-state index contributed by atoms with van der Waals surface area (Å²) in [6.45, 7) is -1.50. The Hall–Kier alpha value is -0.540. The molecule has 0 unspecified atom stereocenters. The lowest BCUT2D eigenvalue weighted by atomic mass is 9.87. The van der Waals surface area contributed by atoms with Crippen molar-refractivity contribution in [2.24, 2.45) is 5.92 Å². The van der Waals surface area contributed by atoms with E-state index in [9.17, 15) is 39.1 Å². The lowest BCUT2D eigenvalue weighted by molar-refractivity contribution is -0.106. The third-order valence-electron chi connectivity index (χ3n) is 4.00. The summed E-state index contributed by atoms with van der Waals surface area (Å²) in [6.07, 6.45) is -10.7. The van der Waals surface area contributed by atoms with Crippen LogP contribution in [0, 0.1) is 11.8 Å². The van der Waals surface area contributed by atoms with Crippen LogP contribution < -0.4 is 0 Å². The number of hydrogen-bond donors (Lipinski definition) is 8. The van der Waals surface area contributed by atoms with Crippen LogP contribution in [-0.2, 0) is 14.6 Å². The molecule has 1 fully saturated rings. The van der Waals surface area contributed by atoms with Gasteiger partial charge in [-0.1, -0.05) is 0 Å². The van der Waals surface area contributed by atoms with Crippen LogP contribution in [0.25, 0.3) is 0 Å². The zero-order valence-electron chi connectivity index (χ0n) is 12.6. The smallest absolute Gasteiger partial charge is 0.394 e. The molecule has 11 nitrogen and oxygen atoms in total. The molecule has 0 amide bonds. The SMILES string of the molecule is O=S(=O)(O)O[C@@H]([C@H](O)[C@H](O)CO)[C@@H](O)C[C+]1C[C@@H](O)[C@H](O)[C@H]1CO. The summed E-state index contributed by atoms with van der Waals surface area (Å²) in [6, 6.07) is 0. The summed E-state index contributed by atoms with van der Waals surface area (Å²) in [4.78, 5) is 0. The molecule has 0 spiro atoms. The van der Waals surface area contributed by atoms with E-state index in [2.05, 4.69) is 4.18 Å². The van der Waals surface area contributed by atoms with Gasteiger partial charge in [-0.15, -0.1) is 0 Å². The molecule has 0 aromatic heterocycles. The summed E-state index contributed by atoms with van der Waals surface area (Å²) in [5.41, 5.74) is 0. The summed E-state index contributed by atoms with van der Waals surface area (Å²) >= 11 is 0. The fourth-order valence-corrected chi connectivity index (χ4v) is 3.25. The quantitative estimate of drug-likeness (QED) is 0.144. The zero-order valence-corrected chi connectivity index (χ0v) is 13.4. The van der Waals surface area contributed by atoms with Gasteiger partial charge < -0.3 is 35.7 Å². The maximum atomic E-state index is 10.9. The molecule has 1 rings (SSSR count). The Labute approximate surface area is 138 Å². The van der Waals surface area contributed by atoms with Crippen molar-refractivity contribution < 1.29 is 52.9 Å². The number of aliphatic hydroxyl groups excluding tert-OH is 7. The number of rotatable bonds is 9. The minimum Gasteiger partial charge on any atom is -0.394 e. The third kappa shape index (κ3) is 5.49. The Balaban J connectivity index is 2.89. The van der Waals surface area contributed by atoms with E-state index in [4.69, 9.17) is 9.66 Å². The van der Waals surface area contributed by atoms with Crippen LogP contribution in [0.15, 0.2) is 0 Å². The summed E-state index contributed by atoms with van der Waals surface area (Å²) < 4.78 is 34.6. The Bertz CT molecular complexity index is 483. The van der Waals surface area contributed by atoms with Crippen molar-refractivity contribution in [3.05, 3.63) is 5.92 Å². The fourth-order valence-electron chi connectivity index (χ4n) is 2.72. The van der Waals surface area contributed by atoms with Crippen molar-refractivity contribution in [1.82, 2.24) is 0 Å². The first-order valence-corrected chi connectivity index (χ1v) is 8.50. The van der Waals surface area contributed by atoms with Crippen molar-refractivity contribution in [3.8, 4) is 0 Å². The lowest BCUT2D eigenvalue weighted by Gasteiger charge is -2.27. The molecule has 0 aliphatic heterocycles. The minimum absolute atomic E-state index is 0.0826. The molecule has 1 aliphatic carbocycles. The Morgan fingerprint density at radius 3 is 2.17 bits per heavy atom. The lowest BCUT2D eigenvalue weighted by Crippen LogP contribution is -2.49. The van der Waals surface area contributed by atoms with Gasteiger partial charge in [0.25, 0.3) is 0 Å². The van der Waals surface area contributed by atoms with Crippen LogP contribution in [0.3, 0.4) is 0 Å². The second kappa shape index (κ2) is 8.71. The van der Waals surface area contributed by atoms with Crippen LogP contribution >= 0.6 is 0 Å². The molecule has 1 aliphatic rings. The van der Waals surface area contributed by atoms with Gasteiger partial charge in [0.15, 0.2) is 5.92 Å². The van der Waals surface area contributed by atoms with Crippen LogP contribution in [0.5, 0.6) is 0 Å². The maximum absolute atomic E-state index is 10.9. The second-order valence-corrected chi connectivity index (χ2v) is 6.76. The van der Waals surface area contributed by atoms with Crippen LogP contribution in [0.2, 0.25) is 0 Å². The van der Waals surface area contributed by atoms with E-state index in [0.29, 0.717) is 5.92 Å². The van der Waals surface area contributed by atoms with E-state index < -0.39 is 72.6 Å². The van der Waals surface area contributed by atoms with Crippen molar-refractivity contribution in [2.75, 3.05) is 13.2 Å². The normalized spacial score (nSPS) is 30.2. The molecule has 142 valence electrons. The molecule has 24 heavy (non-hydrogen) atoms. The average Bonchev–Trinajstić information content (AvgIpc) is 2.76. The summed E-state index contributed by atoms with van der Waals surface area (Å²) in [7, 11) is -5.10. The first-order chi connectivity index (χ1) is 11.0. The largest absolute Gasteiger partial charge is 0.397 e. The highest BCUT2D eigenvalue weighted by atomic mass is 32.3. The van der Waals surface area contributed by atoms with E-state index in [1.54, 1.807) is 0 Å². The summed E-state index contributed by atoms with van der Waals surface area (Å²) in [5, 5.41) is 66.6. The van der Waals surface area contributed by atoms with Crippen LogP contribution in [0.4, 0.5) is 0 Å². The Morgan fingerprint density at radius 1 is 1.12 bits per heavy atom. The first kappa shape index (κ1) is 21.5. The van der Waals surface area contributed by atoms with E-state index in [0.717, 1.165) is 0 Å². The van der Waals surface area contributed by atoms with E-state index in [-0.39, 0.29) is 6.42 Å². The first-order valence-electron chi connectivity index (χ1n) is 7.14. The van der Waals surface area contributed by atoms with Gasteiger partial charge in [-0.3, -0.25) is 4.55 Å². The predicted molar refractivity (Wildman–Crippen MR) is 76.6 cm³/mol. The molecule has 7 atom stereocenters. The highest BCUT2D eigenvalue weighted by Crippen LogP contribution is 2.38. The van der Waals surface area contributed by atoms with E-state index >= 15 is 0 Å². The Morgan fingerprint density at radius 2 is 1.71 bits per heavy atom. The molecule has 12 heteroatoms. The Kier molecular flexibility index (Phi) is 7.80. The molecular weight excluding hydrogens is 352 g/mol. The average molecular weight is 375 g/mol. The predicted octanol–water partition coefficient (Wildman–Crippen LogP) is -4.05. The molecule has 0 radical (unpaired) electrons. The van der Waals surface area contributed by atoms with Crippen molar-refractivity contribution in [1.29, 1.82) is 0 Å². The van der Waals surface area contributed by atoms with Crippen LogP contribution in [0.1, 0.15) is 12.8 Å². The molecule has 0 heterocycles. The van der Waals surface area contributed by atoms with Gasteiger partial charge in [0.05, 0.1) is 13.2 Å². The monoisotopic (exact) mass is 375 g/mol. The molecule has 8 N–H and O–H groups in total. The van der Waals surface area contributed by atoms with Crippen molar-refractivity contribution >= 4 is 10.4 Å². The van der Waals surface area contributed by atoms with E-state index in [1.807, 2.05) is 0 Å². The third-order valence-corrected chi connectivity index (χ3v) is 4.47. The van der Waals surface area contributed by atoms with Gasteiger partial charge in [0.2, 0.25) is 0 Å². The minimum atomic E-state index is -5.10. The summed E-state index contributed by atoms with van der Waals surface area (Å²) in [5.74, 6) is -0.583. The van der Waals surface area contributed by atoms with Gasteiger partial charge in [0, 0.05) is 0 Å². The highest BCUT2D eigenvalue weighted by Gasteiger charge is 2.52. The van der Waals surface area contributed by atoms with Gasteiger partial charge >= 0.3 is 10.4 Å². The second-order valence-electron chi connectivity index (χ2n) is 5.71. The molecule has 0 aromatic carbocycles. The van der Waals surface area contributed by atoms with Gasteiger partial charge in [-0.25, -0.2) is 4.18 Å². The standard InChI is InChI=1S/C12H22O11S/c13-3-6-5(1-7(15)10(6)18)2-8(16)12(23-24(20,21)22)11(19)9(17)4-14/h6-19H,1-4H2/p+1/t6-,7+,8-,9+,10+,11+,12+/m0/s1. The van der Waals surface area contributed by atoms with Gasteiger partial charge in [0.1, 0.15) is 55.4 Å². The number of hydrogen-bond acceptors (Lipinski definition) is 10. The molecule has 0 aromatic rings.